The molecule has 1 aromatic rings. The van der Waals surface area contributed by atoms with E-state index in [4.69, 9.17) is 17.3 Å². The summed E-state index contributed by atoms with van der Waals surface area (Å²) in [4.78, 5) is 12.7. The summed E-state index contributed by atoms with van der Waals surface area (Å²) < 4.78 is 0.705. The van der Waals surface area contributed by atoms with Crippen molar-refractivity contribution in [3.05, 3.63) is 21.3 Å². The first kappa shape index (κ1) is 15.7. The van der Waals surface area contributed by atoms with Crippen molar-refractivity contribution in [1.82, 2.24) is 5.32 Å². The number of hydrogen-bond donors (Lipinski definition) is 2. The third-order valence-electron chi connectivity index (χ3n) is 2.16. The van der Waals surface area contributed by atoms with Crippen LogP contribution in [-0.4, -0.2) is 18.5 Å². The molecule has 0 spiro atoms. The summed E-state index contributed by atoms with van der Waals surface area (Å²) in [6.45, 7) is 4.19. The Morgan fingerprint density at radius 2 is 2.19 bits per heavy atom. The third-order valence-corrected chi connectivity index (χ3v) is 3.57. The third kappa shape index (κ3) is 4.29. The van der Waals surface area contributed by atoms with Crippen molar-refractivity contribution >= 4 is 41.3 Å². The molecule has 0 radical (unpaired) electrons. The molecule has 0 fully saturated rings. The Morgan fingerprint density at radius 3 is 2.62 bits per heavy atom. The second-order valence-corrected chi connectivity index (χ2v) is 5.26. The first-order chi connectivity index (χ1) is 7.04. The van der Waals surface area contributed by atoms with Crippen LogP contribution in [0.1, 0.15) is 24.6 Å². The van der Waals surface area contributed by atoms with Crippen LogP contribution in [0.3, 0.4) is 0 Å². The molecule has 3 N–H and O–H groups in total. The molecular weight excluding hydrogens is 267 g/mol. The molecule has 92 valence electrons. The second-order valence-electron chi connectivity index (χ2n) is 3.51. The van der Waals surface area contributed by atoms with E-state index < -0.39 is 0 Å². The van der Waals surface area contributed by atoms with E-state index in [2.05, 4.69) is 5.32 Å². The van der Waals surface area contributed by atoms with Gasteiger partial charge in [-0.2, -0.15) is 0 Å². The molecule has 1 aromatic heterocycles. The molecule has 1 heterocycles. The normalized spacial score (nSPS) is 13.8. The highest BCUT2D eigenvalue weighted by atomic mass is 35.5. The van der Waals surface area contributed by atoms with Gasteiger partial charge in [0, 0.05) is 17.5 Å². The van der Waals surface area contributed by atoms with Gasteiger partial charge in [0.05, 0.1) is 10.3 Å². The van der Waals surface area contributed by atoms with Gasteiger partial charge >= 0.3 is 0 Å². The topological polar surface area (TPSA) is 55.1 Å². The highest BCUT2D eigenvalue weighted by Crippen LogP contribution is 2.28. The summed E-state index contributed by atoms with van der Waals surface area (Å²) >= 11 is 7.24. The SMILES string of the molecule is CC(C(=O)N[C@H](C)CN)c1ccc(Cl)s1.Cl. The standard InChI is InChI=1S/C10H15ClN2OS.ClH/c1-6(5-12)13-10(14)7(2)8-3-4-9(11)15-8;/h3-4,6-7H,5,12H2,1-2H3,(H,13,14);1H/t6-,7?;/m1./s1. The Hall–Kier alpha value is -0.290. The van der Waals surface area contributed by atoms with E-state index in [-0.39, 0.29) is 30.3 Å². The lowest BCUT2D eigenvalue weighted by molar-refractivity contribution is -0.122. The van der Waals surface area contributed by atoms with Gasteiger partial charge in [-0.15, -0.1) is 23.7 Å². The molecule has 0 aliphatic carbocycles. The Morgan fingerprint density at radius 1 is 1.56 bits per heavy atom. The Kier molecular flexibility index (Phi) is 6.99. The summed E-state index contributed by atoms with van der Waals surface area (Å²) in [7, 11) is 0. The minimum absolute atomic E-state index is 0. The summed E-state index contributed by atoms with van der Waals surface area (Å²) in [5.74, 6) is -0.178. The molecule has 0 saturated carbocycles. The smallest absolute Gasteiger partial charge is 0.228 e. The van der Waals surface area contributed by atoms with Crippen LogP contribution >= 0.6 is 35.3 Å². The Balaban J connectivity index is 0.00000225. The fourth-order valence-corrected chi connectivity index (χ4v) is 2.23. The highest BCUT2D eigenvalue weighted by Gasteiger charge is 2.18. The van der Waals surface area contributed by atoms with Crippen LogP contribution in [0.15, 0.2) is 12.1 Å². The Labute approximate surface area is 111 Å². The number of hydrogen-bond acceptors (Lipinski definition) is 3. The first-order valence-electron chi connectivity index (χ1n) is 4.80. The molecule has 3 nitrogen and oxygen atoms in total. The lowest BCUT2D eigenvalue weighted by atomic mass is 10.1. The van der Waals surface area contributed by atoms with Crippen LogP contribution in [0.2, 0.25) is 4.34 Å². The van der Waals surface area contributed by atoms with Crippen molar-refractivity contribution < 1.29 is 4.79 Å². The van der Waals surface area contributed by atoms with Crippen LogP contribution < -0.4 is 11.1 Å². The van der Waals surface area contributed by atoms with E-state index in [9.17, 15) is 4.79 Å². The first-order valence-corrected chi connectivity index (χ1v) is 5.99. The van der Waals surface area contributed by atoms with Gasteiger partial charge < -0.3 is 11.1 Å². The van der Waals surface area contributed by atoms with Crippen molar-refractivity contribution in [2.75, 3.05) is 6.54 Å². The summed E-state index contributed by atoms with van der Waals surface area (Å²) in [5.41, 5.74) is 5.43. The van der Waals surface area contributed by atoms with Crippen LogP contribution in [0.25, 0.3) is 0 Å². The minimum atomic E-state index is -0.170. The van der Waals surface area contributed by atoms with Crippen molar-refractivity contribution in [3.63, 3.8) is 0 Å². The van der Waals surface area contributed by atoms with E-state index in [0.29, 0.717) is 10.9 Å². The molecule has 0 saturated heterocycles. The number of carbonyl (C=O) groups is 1. The molecule has 1 unspecified atom stereocenters. The van der Waals surface area contributed by atoms with Gasteiger partial charge in [-0.05, 0) is 26.0 Å². The van der Waals surface area contributed by atoms with Gasteiger partial charge in [-0.25, -0.2) is 0 Å². The monoisotopic (exact) mass is 282 g/mol. The van der Waals surface area contributed by atoms with Crippen LogP contribution in [-0.2, 0) is 4.79 Å². The molecule has 0 aliphatic rings. The van der Waals surface area contributed by atoms with Crippen molar-refractivity contribution in [2.24, 2.45) is 5.73 Å². The van der Waals surface area contributed by atoms with Gasteiger partial charge in [0.2, 0.25) is 5.91 Å². The van der Waals surface area contributed by atoms with E-state index in [1.807, 2.05) is 19.9 Å². The summed E-state index contributed by atoms with van der Waals surface area (Å²) in [6.07, 6.45) is 0. The second kappa shape index (κ2) is 7.12. The maximum atomic E-state index is 11.7. The fourth-order valence-electron chi connectivity index (χ4n) is 1.12. The molecular formula is C10H16Cl2N2OS. The summed E-state index contributed by atoms with van der Waals surface area (Å²) in [6, 6.07) is 3.69. The predicted molar refractivity (Wildman–Crippen MR) is 71.7 cm³/mol. The van der Waals surface area contributed by atoms with E-state index in [1.54, 1.807) is 6.07 Å². The molecule has 6 heteroatoms. The fraction of sp³-hybridized carbons (Fsp3) is 0.500. The lowest BCUT2D eigenvalue weighted by Crippen LogP contribution is -2.39. The van der Waals surface area contributed by atoms with Crippen LogP contribution in [0, 0.1) is 0 Å². The number of halogens is 2. The van der Waals surface area contributed by atoms with Gasteiger partial charge in [0.25, 0.3) is 0 Å². The zero-order valence-electron chi connectivity index (χ0n) is 9.20. The van der Waals surface area contributed by atoms with Gasteiger partial charge in [0.1, 0.15) is 0 Å². The van der Waals surface area contributed by atoms with Gasteiger partial charge in [-0.1, -0.05) is 11.6 Å². The van der Waals surface area contributed by atoms with Crippen molar-refractivity contribution in [1.29, 1.82) is 0 Å². The molecule has 16 heavy (non-hydrogen) atoms. The van der Waals surface area contributed by atoms with Crippen LogP contribution in [0.4, 0.5) is 0 Å². The van der Waals surface area contributed by atoms with Gasteiger partial charge in [0.15, 0.2) is 0 Å². The Bertz CT molecular complexity index is 343. The molecule has 0 aromatic carbocycles. The number of carbonyl (C=O) groups excluding carboxylic acids is 1. The van der Waals surface area contributed by atoms with Gasteiger partial charge in [-0.3, -0.25) is 4.79 Å². The quantitative estimate of drug-likeness (QED) is 0.891. The molecule has 1 rings (SSSR count). The van der Waals surface area contributed by atoms with E-state index in [1.165, 1.54) is 11.3 Å². The number of rotatable bonds is 4. The molecule has 0 bridgehead atoms. The number of nitrogens with one attached hydrogen (secondary N) is 1. The lowest BCUT2D eigenvalue weighted by Gasteiger charge is -2.14. The zero-order chi connectivity index (χ0) is 11.4. The molecule has 0 aliphatic heterocycles. The average Bonchev–Trinajstić information content (AvgIpc) is 2.63. The van der Waals surface area contributed by atoms with E-state index >= 15 is 0 Å². The maximum Gasteiger partial charge on any atom is 0.228 e. The molecule has 1 amide bonds. The number of amides is 1. The average molecular weight is 283 g/mol. The minimum Gasteiger partial charge on any atom is -0.352 e. The van der Waals surface area contributed by atoms with E-state index in [0.717, 1.165) is 4.88 Å². The maximum absolute atomic E-state index is 11.7. The predicted octanol–water partition coefficient (Wildman–Crippen LogP) is 2.39. The highest BCUT2D eigenvalue weighted by molar-refractivity contribution is 7.16. The largest absolute Gasteiger partial charge is 0.352 e. The number of thiophene rings is 1. The molecule has 2 atom stereocenters. The van der Waals surface area contributed by atoms with Crippen LogP contribution in [0.5, 0.6) is 0 Å². The zero-order valence-corrected chi connectivity index (χ0v) is 11.6. The summed E-state index contributed by atoms with van der Waals surface area (Å²) in [5, 5.41) is 2.84. The van der Waals surface area contributed by atoms with Crippen molar-refractivity contribution in [2.45, 2.75) is 25.8 Å². The van der Waals surface area contributed by atoms with Crippen molar-refractivity contribution in [3.8, 4) is 0 Å². The number of nitrogens with two attached hydrogens (primary N) is 1.